The molecule has 41 heavy (non-hydrogen) atoms. The van der Waals surface area contributed by atoms with Crippen LogP contribution in [0.4, 0.5) is 5.69 Å². The van der Waals surface area contributed by atoms with E-state index in [1.54, 1.807) is 30.3 Å². The van der Waals surface area contributed by atoms with E-state index >= 15 is 0 Å². The van der Waals surface area contributed by atoms with Gasteiger partial charge in [0.25, 0.3) is 5.91 Å². The van der Waals surface area contributed by atoms with Crippen molar-refractivity contribution in [2.24, 2.45) is 0 Å². The molecule has 2 amide bonds. The Balaban J connectivity index is 1.94. The molecule has 11 nitrogen and oxygen atoms in total. The van der Waals surface area contributed by atoms with Crippen LogP contribution >= 0.6 is 0 Å². The molecular formula is C30H34N4O7. The lowest BCUT2D eigenvalue weighted by molar-refractivity contribution is -0.123. The van der Waals surface area contributed by atoms with E-state index in [-0.39, 0.29) is 23.0 Å². The Labute approximate surface area is 238 Å². The van der Waals surface area contributed by atoms with E-state index in [0.717, 1.165) is 32.1 Å². The third-order valence-electron chi connectivity index (χ3n) is 7.01. The minimum absolute atomic E-state index is 0.0129. The van der Waals surface area contributed by atoms with Crippen molar-refractivity contribution in [3.63, 3.8) is 0 Å². The molecule has 4 rings (SSSR count). The van der Waals surface area contributed by atoms with Gasteiger partial charge in [0.1, 0.15) is 11.7 Å². The summed E-state index contributed by atoms with van der Waals surface area (Å²) in [4.78, 5) is 50.4. The van der Waals surface area contributed by atoms with Crippen LogP contribution in [-0.4, -0.2) is 62.2 Å². The number of nitrogens with zero attached hydrogens (tertiary/aromatic N) is 3. The van der Waals surface area contributed by atoms with Crippen LogP contribution in [0.15, 0.2) is 55.0 Å². The zero-order valence-electron chi connectivity index (χ0n) is 23.6. The zero-order chi connectivity index (χ0) is 29.4. The number of ether oxygens (including phenoxy) is 4. The third kappa shape index (κ3) is 6.56. The minimum atomic E-state index is -1.21. The molecule has 0 radical (unpaired) electrons. The monoisotopic (exact) mass is 562 g/mol. The highest BCUT2D eigenvalue weighted by Gasteiger charge is 2.37. The molecule has 1 aromatic heterocycles. The number of esters is 1. The van der Waals surface area contributed by atoms with Gasteiger partial charge in [-0.05, 0) is 48.7 Å². The molecule has 1 atom stereocenters. The molecule has 0 bridgehead atoms. The number of benzene rings is 2. The summed E-state index contributed by atoms with van der Waals surface area (Å²) in [5.74, 6) is -0.635. The van der Waals surface area contributed by atoms with Gasteiger partial charge in [-0.1, -0.05) is 25.3 Å². The van der Waals surface area contributed by atoms with E-state index in [2.05, 4.69) is 15.3 Å². The highest BCUT2D eigenvalue weighted by Crippen LogP contribution is 2.42. The van der Waals surface area contributed by atoms with Crippen molar-refractivity contribution in [1.29, 1.82) is 0 Å². The molecule has 1 heterocycles. The normalized spacial score (nSPS) is 14.0. The summed E-state index contributed by atoms with van der Waals surface area (Å²) in [6.07, 6.45) is 8.96. The van der Waals surface area contributed by atoms with Crippen molar-refractivity contribution in [2.75, 3.05) is 33.3 Å². The van der Waals surface area contributed by atoms with Crippen LogP contribution in [-0.2, 0) is 9.53 Å². The van der Waals surface area contributed by atoms with Gasteiger partial charge in [-0.15, -0.1) is 0 Å². The van der Waals surface area contributed by atoms with Gasteiger partial charge in [-0.2, -0.15) is 0 Å². The van der Waals surface area contributed by atoms with Crippen LogP contribution < -0.4 is 24.4 Å². The first-order valence-corrected chi connectivity index (χ1v) is 13.3. The predicted octanol–water partition coefficient (Wildman–Crippen LogP) is 4.13. The highest BCUT2D eigenvalue weighted by molar-refractivity contribution is 6.09. The Bertz CT molecular complexity index is 1350. The van der Waals surface area contributed by atoms with Crippen molar-refractivity contribution in [1.82, 2.24) is 15.3 Å². The fourth-order valence-corrected chi connectivity index (χ4v) is 5.02. The van der Waals surface area contributed by atoms with Crippen LogP contribution in [0.3, 0.4) is 0 Å². The number of amides is 2. The smallest absolute Gasteiger partial charge is 0.337 e. The van der Waals surface area contributed by atoms with E-state index in [1.165, 1.54) is 58.0 Å². The first-order valence-electron chi connectivity index (χ1n) is 13.3. The maximum absolute atomic E-state index is 14.2. The summed E-state index contributed by atoms with van der Waals surface area (Å²) in [5.41, 5.74) is 0.895. The van der Waals surface area contributed by atoms with E-state index in [1.807, 2.05) is 0 Å². The largest absolute Gasteiger partial charge is 0.493 e. The summed E-state index contributed by atoms with van der Waals surface area (Å²) in [7, 11) is 5.70. The van der Waals surface area contributed by atoms with E-state index in [9.17, 15) is 14.4 Å². The molecule has 1 fully saturated rings. The van der Waals surface area contributed by atoms with Gasteiger partial charge in [0.2, 0.25) is 11.7 Å². The number of carbonyl (C=O) groups is 3. The summed E-state index contributed by atoms with van der Waals surface area (Å²) < 4.78 is 21.5. The molecule has 1 N–H and O–H groups in total. The molecule has 216 valence electrons. The Morgan fingerprint density at radius 1 is 0.927 bits per heavy atom. The number of anilines is 1. The lowest BCUT2D eigenvalue weighted by atomic mass is 9.94. The van der Waals surface area contributed by atoms with Crippen molar-refractivity contribution in [2.45, 2.75) is 44.2 Å². The summed E-state index contributed by atoms with van der Waals surface area (Å²) in [5, 5.41) is 3.15. The molecule has 0 saturated heterocycles. The maximum Gasteiger partial charge on any atom is 0.337 e. The Morgan fingerprint density at radius 2 is 1.63 bits per heavy atom. The van der Waals surface area contributed by atoms with Crippen molar-refractivity contribution >= 4 is 23.5 Å². The number of carbonyl (C=O) groups excluding carboxylic acids is 3. The number of aromatic nitrogens is 2. The third-order valence-corrected chi connectivity index (χ3v) is 7.01. The molecule has 1 unspecified atom stereocenters. The van der Waals surface area contributed by atoms with Gasteiger partial charge in [0, 0.05) is 24.1 Å². The van der Waals surface area contributed by atoms with Crippen molar-refractivity contribution in [3.8, 4) is 17.2 Å². The number of methoxy groups -OCH3 is 4. The van der Waals surface area contributed by atoms with Gasteiger partial charge < -0.3 is 24.3 Å². The molecule has 0 spiro atoms. The Hall–Kier alpha value is -4.67. The van der Waals surface area contributed by atoms with Gasteiger partial charge in [-0.25, -0.2) is 9.78 Å². The number of hydrogen-bond donors (Lipinski definition) is 1. The first-order chi connectivity index (χ1) is 19.9. The molecule has 2 aromatic carbocycles. The molecule has 0 aliphatic heterocycles. The number of rotatable bonds is 10. The molecular weight excluding hydrogens is 528 g/mol. The maximum atomic E-state index is 14.2. The van der Waals surface area contributed by atoms with Crippen LogP contribution in [0, 0.1) is 0 Å². The number of nitrogens with one attached hydrogen (secondary N) is 1. The van der Waals surface area contributed by atoms with E-state index in [0.29, 0.717) is 22.8 Å². The summed E-state index contributed by atoms with van der Waals surface area (Å²) in [6.45, 7) is 0. The lowest BCUT2D eigenvalue weighted by Gasteiger charge is -2.33. The zero-order valence-corrected chi connectivity index (χ0v) is 23.6. The van der Waals surface area contributed by atoms with Crippen LogP contribution in [0.2, 0.25) is 0 Å². The van der Waals surface area contributed by atoms with Gasteiger partial charge in [-0.3, -0.25) is 19.5 Å². The first kappa shape index (κ1) is 29.3. The van der Waals surface area contributed by atoms with Gasteiger partial charge in [0.05, 0.1) is 40.2 Å². The molecule has 1 aliphatic carbocycles. The van der Waals surface area contributed by atoms with E-state index in [4.69, 9.17) is 18.9 Å². The van der Waals surface area contributed by atoms with Gasteiger partial charge in [0.15, 0.2) is 11.5 Å². The second-order valence-electron chi connectivity index (χ2n) is 9.51. The molecule has 1 saturated carbocycles. The number of hydrogen-bond acceptors (Lipinski definition) is 9. The standard InChI is InChI=1S/C30H34N4O7/c1-38-24-16-20(17-25(39-2)27(24)40-3)26(28(35)33-21-10-6-5-7-11-21)34(29(36)23-18-31-13-14-32-23)22-12-8-9-19(15-22)30(37)41-4/h8-9,12-18,21,26H,5-7,10-11H2,1-4H3,(H,33,35). The van der Waals surface area contributed by atoms with E-state index < -0.39 is 23.8 Å². The molecule has 1 aliphatic rings. The van der Waals surface area contributed by atoms with Crippen molar-refractivity contribution in [3.05, 3.63) is 71.8 Å². The Morgan fingerprint density at radius 3 is 2.22 bits per heavy atom. The molecule has 3 aromatic rings. The quantitative estimate of drug-likeness (QED) is 0.363. The minimum Gasteiger partial charge on any atom is -0.493 e. The van der Waals surface area contributed by atoms with Crippen LogP contribution in [0.25, 0.3) is 0 Å². The SMILES string of the molecule is COC(=O)c1cccc(N(C(=O)c2cnccn2)C(C(=O)NC2CCCCC2)c2cc(OC)c(OC)c(OC)c2)c1. The van der Waals surface area contributed by atoms with Gasteiger partial charge >= 0.3 is 5.97 Å². The highest BCUT2D eigenvalue weighted by atomic mass is 16.5. The van der Waals surface area contributed by atoms with Crippen LogP contribution in [0.1, 0.15) is 64.6 Å². The fourth-order valence-electron chi connectivity index (χ4n) is 5.02. The lowest BCUT2D eigenvalue weighted by Crippen LogP contribution is -2.47. The Kier molecular flexibility index (Phi) is 9.73. The topological polar surface area (TPSA) is 129 Å². The predicted molar refractivity (Wildman–Crippen MR) is 150 cm³/mol. The second-order valence-corrected chi connectivity index (χ2v) is 9.51. The van der Waals surface area contributed by atoms with Crippen LogP contribution in [0.5, 0.6) is 17.2 Å². The fraction of sp³-hybridized carbons (Fsp3) is 0.367. The average Bonchev–Trinajstić information content (AvgIpc) is 3.02. The molecule has 11 heteroatoms. The average molecular weight is 563 g/mol. The summed E-state index contributed by atoms with van der Waals surface area (Å²) in [6, 6.07) is 8.32. The summed E-state index contributed by atoms with van der Waals surface area (Å²) >= 11 is 0. The second kappa shape index (κ2) is 13.6. The van der Waals surface area contributed by atoms with Crippen molar-refractivity contribution < 1.29 is 33.3 Å².